The van der Waals surface area contributed by atoms with E-state index < -0.39 is 10.0 Å². The van der Waals surface area contributed by atoms with Gasteiger partial charge in [-0.05, 0) is 43.4 Å². The lowest BCUT2D eigenvalue weighted by Crippen LogP contribution is -2.49. The Kier molecular flexibility index (Phi) is 5.50. The summed E-state index contributed by atoms with van der Waals surface area (Å²) in [5.74, 6) is 0.204. The molecule has 0 amide bonds. The van der Waals surface area contributed by atoms with Crippen LogP contribution in [0.2, 0.25) is 0 Å². The van der Waals surface area contributed by atoms with Gasteiger partial charge in [-0.2, -0.15) is 4.31 Å². The Balaban J connectivity index is 1.74. The summed E-state index contributed by atoms with van der Waals surface area (Å²) in [7, 11) is -3.14. The summed E-state index contributed by atoms with van der Waals surface area (Å²) in [4.78, 5) is 17.6. The average molecular weight is 378 g/mol. The fraction of sp³-hybridized carbons (Fsp3) is 0.526. The Bertz CT molecular complexity index is 958. The van der Waals surface area contributed by atoms with Crippen LogP contribution in [0.1, 0.15) is 30.0 Å². The predicted octanol–water partition coefficient (Wildman–Crippen LogP) is 2.00. The molecule has 1 fully saturated rings. The van der Waals surface area contributed by atoms with E-state index in [1.165, 1.54) is 5.56 Å². The number of nitrogens with zero attached hydrogens (tertiary/aromatic N) is 2. The highest BCUT2D eigenvalue weighted by atomic mass is 32.2. The minimum Gasteiger partial charge on any atom is -0.321 e. The minimum absolute atomic E-state index is 0.0644. The second kappa shape index (κ2) is 7.50. The van der Waals surface area contributed by atoms with Crippen molar-refractivity contribution in [3.63, 3.8) is 0 Å². The summed E-state index contributed by atoms with van der Waals surface area (Å²) in [6.45, 7) is 8.75. The first-order valence-electron chi connectivity index (χ1n) is 9.13. The van der Waals surface area contributed by atoms with Crippen molar-refractivity contribution < 1.29 is 8.42 Å². The van der Waals surface area contributed by atoms with Gasteiger partial charge in [0.2, 0.25) is 10.0 Å². The van der Waals surface area contributed by atoms with Crippen LogP contribution in [0.15, 0.2) is 23.0 Å². The molecule has 0 atom stereocenters. The normalized spacial score (nSPS) is 17.0. The molecule has 1 saturated heterocycles. The van der Waals surface area contributed by atoms with Crippen LogP contribution in [0, 0.1) is 13.8 Å². The molecule has 0 spiro atoms. The lowest BCUT2D eigenvalue weighted by atomic mass is 10.1. The lowest BCUT2D eigenvalue weighted by Gasteiger charge is -2.33. The number of rotatable bonds is 5. The maximum absolute atomic E-state index is 12.5. The highest BCUT2D eigenvalue weighted by molar-refractivity contribution is 7.89. The molecule has 1 aromatic carbocycles. The quantitative estimate of drug-likeness (QED) is 0.865. The molecule has 6 nitrogen and oxygen atoms in total. The van der Waals surface area contributed by atoms with Crippen molar-refractivity contribution in [3.05, 3.63) is 45.2 Å². The number of fused-ring (bicyclic) bond motifs is 1. The average Bonchev–Trinajstić information content (AvgIpc) is 2.57. The fourth-order valence-electron chi connectivity index (χ4n) is 3.64. The molecular weight excluding hydrogens is 350 g/mol. The van der Waals surface area contributed by atoms with Crippen molar-refractivity contribution in [1.29, 1.82) is 0 Å². The van der Waals surface area contributed by atoms with Gasteiger partial charge in [0.25, 0.3) is 5.56 Å². The molecule has 2 aromatic rings. The van der Waals surface area contributed by atoms with E-state index in [0.717, 1.165) is 22.0 Å². The number of pyridine rings is 1. The van der Waals surface area contributed by atoms with Gasteiger partial charge in [-0.15, -0.1) is 0 Å². The van der Waals surface area contributed by atoms with Gasteiger partial charge < -0.3 is 4.98 Å². The maximum Gasteiger partial charge on any atom is 0.252 e. The number of aromatic amines is 1. The van der Waals surface area contributed by atoms with Crippen LogP contribution in [0.4, 0.5) is 0 Å². The van der Waals surface area contributed by atoms with E-state index in [1.807, 2.05) is 26.8 Å². The van der Waals surface area contributed by atoms with Gasteiger partial charge in [-0.25, -0.2) is 8.42 Å². The Morgan fingerprint density at radius 2 is 1.77 bits per heavy atom. The van der Waals surface area contributed by atoms with Gasteiger partial charge in [-0.3, -0.25) is 9.69 Å². The van der Waals surface area contributed by atoms with E-state index in [4.69, 9.17) is 0 Å². The largest absolute Gasteiger partial charge is 0.321 e. The molecule has 0 unspecified atom stereocenters. The molecule has 0 bridgehead atoms. The van der Waals surface area contributed by atoms with Crippen LogP contribution < -0.4 is 5.56 Å². The summed E-state index contributed by atoms with van der Waals surface area (Å²) < 4.78 is 25.9. The van der Waals surface area contributed by atoms with Crippen molar-refractivity contribution in [2.75, 3.05) is 31.9 Å². The van der Waals surface area contributed by atoms with E-state index in [-0.39, 0.29) is 11.3 Å². The Hall–Kier alpha value is -1.70. The molecule has 0 aliphatic carbocycles. The van der Waals surface area contributed by atoms with Crippen LogP contribution >= 0.6 is 0 Å². The number of H-pyrrole nitrogens is 1. The molecule has 1 N–H and O–H groups in total. The Morgan fingerprint density at radius 3 is 2.42 bits per heavy atom. The second-order valence-corrected chi connectivity index (χ2v) is 9.25. The van der Waals surface area contributed by atoms with Crippen molar-refractivity contribution in [3.8, 4) is 0 Å². The first kappa shape index (κ1) is 19.1. The number of benzene rings is 1. The molecule has 0 radical (unpaired) electrons. The van der Waals surface area contributed by atoms with Crippen LogP contribution in [0.25, 0.3) is 10.9 Å². The lowest BCUT2D eigenvalue weighted by molar-refractivity contribution is 0.181. The van der Waals surface area contributed by atoms with E-state index in [0.29, 0.717) is 39.1 Å². The van der Waals surface area contributed by atoms with Crippen molar-refractivity contribution in [1.82, 2.24) is 14.2 Å². The number of piperazine rings is 1. The minimum atomic E-state index is -3.14. The van der Waals surface area contributed by atoms with Crippen LogP contribution in [0.3, 0.4) is 0 Å². The van der Waals surface area contributed by atoms with E-state index in [2.05, 4.69) is 22.0 Å². The molecule has 3 rings (SSSR count). The van der Waals surface area contributed by atoms with Crippen LogP contribution in [-0.2, 0) is 16.6 Å². The molecule has 1 aliphatic heterocycles. The zero-order valence-electron chi connectivity index (χ0n) is 15.7. The van der Waals surface area contributed by atoms with Gasteiger partial charge in [0, 0.05) is 38.3 Å². The number of aryl methyl sites for hydroxylation is 2. The highest BCUT2D eigenvalue weighted by Gasteiger charge is 2.26. The number of hydrogen-bond donors (Lipinski definition) is 1. The second-order valence-electron chi connectivity index (χ2n) is 7.16. The molecule has 0 saturated carbocycles. The van der Waals surface area contributed by atoms with E-state index >= 15 is 0 Å². The first-order chi connectivity index (χ1) is 12.3. The molecule has 2 heterocycles. The standard InChI is InChI=1S/C19H27N3O3S/c1-4-9-26(24,25)22-7-5-21(6-8-22)13-17-12-16-11-14(2)10-15(3)18(16)20-19(17)23/h10-12H,4-9,13H2,1-3H3,(H,20,23). The molecule has 1 aromatic heterocycles. The summed E-state index contributed by atoms with van der Waals surface area (Å²) in [5.41, 5.74) is 3.79. The van der Waals surface area contributed by atoms with Crippen LogP contribution in [0.5, 0.6) is 0 Å². The van der Waals surface area contributed by atoms with E-state index in [9.17, 15) is 13.2 Å². The van der Waals surface area contributed by atoms with Crippen molar-refractivity contribution >= 4 is 20.9 Å². The molecular formula is C19H27N3O3S. The summed E-state index contributed by atoms with van der Waals surface area (Å²) in [6.07, 6.45) is 0.633. The van der Waals surface area contributed by atoms with Gasteiger partial charge in [-0.1, -0.05) is 18.6 Å². The third kappa shape index (κ3) is 4.00. The SMILES string of the molecule is CCCS(=O)(=O)N1CCN(Cc2cc3cc(C)cc(C)c3[nH]c2=O)CC1. The third-order valence-corrected chi connectivity index (χ3v) is 7.03. The summed E-state index contributed by atoms with van der Waals surface area (Å²) in [6, 6.07) is 6.11. The third-order valence-electron chi connectivity index (χ3n) is 4.95. The zero-order valence-corrected chi connectivity index (χ0v) is 16.5. The van der Waals surface area contributed by atoms with Crippen molar-refractivity contribution in [2.45, 2.75) is 33.7 Å². The van der Waals surface area contributed by atoms with Crippen molar-refractivity contribution in [2.24, 2.45) is 0 Å². The monoisotopic (exact) mass is 377 g/mol. The molecule has 7 heteroatoms. The number of aromatic nitrogens is 1. The number of hydrogen-bond acceptors (Lipinski definition) is 4. The molecule has 1 aliphatic rings. The Labute approximate surface area is 154 Å². The maximum atomic E-state index is 12.5. The fourth-order valence-corrected chi connectivity index (χ4v) is 5.14. The topological polar surface area (TPSA) is 73.5 Å². The van der Waals surface area contributed by atoms with Gasteiger partial charge in [0.1, 0.15) is 0 Å². The van der Waals surface area contributed by atoms with E-state index in [1.54, 1.807) is 4.31 Å². The van der Waals surface area contributed by atoms with Crippen LogP contribution in [-0.4, -0.2) is 54.5 Å². The predicted molar refractivity (Wildman–Crippen MR) is 105 cm³/mol. The van der Waals surface area contributed by atoms with Gasteiger partial charge in [0.05, 0.1) is 11.3 Å². The zero-order chi connectivity index (χ0) is 18.9. The number of sulfonamides is 1. The molecule has 26 heavy (non-hydrogen) atoms. The number of nitrogens with one attached hydrogen (secondary N) is 1. The smallest absolute Gasteiger partial charge is 0.252 e. The summed E-state index contributed by atoms with van der Waals surface area (Å²) in [5, 5.41) is 1.04. The first-order valence-corrected chi connectivity index (χ1v) is 10.7. The van der Waals surface area contributed by atoms with Gasteiger partial charge >= 0.3 is 0 Å². The van der Waals surface area contributed by atoms with Gasteiger partial charge in [0.15, 0.2) is 0 Å². The molecule has 142 valence electrons. The Morgan fingerprint density at radius 1 is 1.08 bits per heavy atom. The highest BCUT2D eigenvalue weighted by Crippen LogP contribution is 2.19. The summed E-state index contributed by atoms with van der Waals surface area (Å²) >= 11 is 0.